The summed E-state index contributed by atoms with van der Waals surface area (Å²) in [6.45, 7) is 4.68. The third kappa shape index (κ3) is 3.28. The number of hydrogen-bond acceptors (Lipinski definition) is 1. The first-order valence-electron chi connectivity index (χ1n) is 14.0. The van der Waals surface area contributed by atoms with Crippen molar-refractivity contribution < 1.29 is 0 Å². The molecule has 1 nitrogen and oxygen atoms in total. The molecule has 7 aromatic rings. The Hall–Kier alpha value is -4.88. The highest BCUT2D eigenvalue weighted by molar-refractivity contribution is 6.25. The zero-order valence-corrected chi connectivity index (χ0v) is 22.7. The second-order valence-electron chi connectivity index (χ2n) is 11.4. The molecule has 0 unspecified atom stereocenters. The van der Waals surface area contributed by atoms with Crippen LogP contribution in [0.4, 0.5) is 17.1 Å². The van der Waals surface area contributed by atoms with Gasteiger partial charge in [-0.2, -0.15) is 0 Å². The molecule has 0 aromatic heterocycles. The largest absolute Gasteiger partial charge is 0.310 e. The molecule has 7 aromatic carbocycles. The van der Waals surface area contributed by atoms with Crippen LogP contribution in [-0.2, 0) is 5.41 Å². The molecule has 1 aliphatic rings. The Kier molecular flexibility index (Phi) is 4.93. The van der Waals surface area contributed by atoms with Crippen molar-refractivity contribution >= 4 is 49.4 Å². The van der Waals surface area contributed by atoms with Crippen LogP contribution in [-0.4, -0.2) is 0 Å². The van der Waals surface area contributed by atoms with E-state index in [1.54, 1.807) is 0 Å². The molecule has 8 rings (SSSR count). The van der Waals surface area contributed by atoms with E-state index in [4.69, 9.17) is 0 Å². The van der Waals surface area contributed by atoms with E-state index in [0.717, 1.165) is 11.4 Å². The topological polar surface area (TPSA) is 3.24 Å². The number of hydrogen-bond donors (Lipinski definition) is 0. The fourth-order valence-electron chi connectivity index (χ4n) is 6.91. The van der Waals surface area contributed by atoms with E-state index in [-0.39, 0.29) is 5.41 Å². The molecule has 0 bridgehead atoms. The van der Waals surface area contributed by atoms with Crippen molar-refractivity contribution in [2.45, 2.75) is 19.3 Å². The second-order valence-corrected chi connectivity index (χ2v) is 11.4. The van der Waals surface area contributed by atoms with E-state index in [1.165, 1.54) is 60.3 Å². The summed E-state index contributed by atoms with van der Waals surface area (Å²) >= 11 is 0. The maximum Gasteiger partial charge on any atom is 0.0468 e. The van der Waals surface area contributed by atoms with Gasteiger partial charge in [0.05, 0.1) is 0 Å². The van der Waals surface area contributed by atoms with Gasteiger partial charge in [0.15, 0.2) is 0 Å². The minimum absolute atomic E-state index is 0.00897. The predicted molar refractivity (Wildman–Crippen MR) is 171 cm³/mol. The third-order valence-electron chi connectivity index (χ3n) is 8.83. The summed E-state index contributed by atoms with van der Waals surface area (Å²) in [6, 6.07) is 51.2. The fourth-order valence-corrected chi connectivity index (χ4v) is 6.91. The summed E-state index contributed by atoms with van der Waals surface area (Å²) in [5, 5.41) is 7.75. The Balaban J connectivity index is 1.39. The molecule has 0 N–H and O–H groups in total. The summed E-state index contributed by atoms with van der Waals surface area (Å²) < 4.78 is 0. The smallest absolute Gasteiger partial charge is 0.0468 e. The lowest BCUT2D eigenvalue weighted by Crippen LogP contribution is -2.15. The van der Waals surface area contributed by atoms with Crippen molar-refractivity contribution in [2.24, 2.45) is 0 Å². The van der Waals surface area contributed by atoms with Gasteiger partial charge in [-0.3, -0.25) is 0 Å². The molecular weight excluding hydrogens is 482 g/mol. The van der Waals surface area contributed by atoms with Crippen LogP contribution in [0.1, 0.15) is 25.0 Å². The fraction of sp³-hybridized carbons (Fsp3) is 0.0769. The van der Waals surface area contributed by atoms with Gasteiger partial charge < -0.3 is 4.90 Å². The van der Waals surface area contributed by atoms with Crippen molar-refractivity contribution in [2.75, 3.05) is 4.90 Å². The highest BCUT2D eigenvalue weighted by Gasteiger charge is 2.35. The number of nitrogens with zero attached hydrogens (tertiary/aromatic N) is 1. The van der Waals surface area contributed by atoms with E-state index in [1.807, 2.05) is 0 Å². The van der Waals surface area contributed by atoms with E-state index >= 15 is 0 Å². The Morgan fingerprint density at radius 3 is 1.57 bits per heavy atom. The first-order chi connectivity index (χ1) is 19.6. The van der Waals surface area contributed by atoms with Crippen LogP contribution in [0.3, 0.4) is 0 Å². The van der Waals surface area contributed by atoms with Gasteiger partial charge in [-0.05, 0) is 91.0 Å². The molecule has 0 spiro atoms. The van der Waals surface area contributed by atoms with Crippen LogP contribution < -0.4 is 4.90 Å². The van der Waals surface area contributed by atoms with Crippen molar-refractivity contribution in [1.82, 2.24) is 0 Å². The molecule has 1 aliphatic carbocycles. The Bertz CT molecular complexity index is 2050. The minimum atomic E-state index is -0.00897. The molecule has 190 valence electrons. The van der Waals surface area contributed by atoms with Crippen molar-refractivity contribution in [3.63, 3.8) is 0 Å². The van der Waals surface area contributed by atoms with Gasteiger partial charge in [0, 0.05) is 22.5 Å². The molecule has 0 radical (unpaired) electrons. The monoisotopic (exact) mass is 511 g/mol. The second kappa shape index (κ2) is 8.56. The minimum Gasteiger partial charge on any atom is -0.310 e. The highest BCUT2D eigenvalue weighted by atomic mass is 15.1. The lowest BCUT2D eigenvalue weighted by Gasteiger charge is -2.27. The Labute approximate surface area is 234 Å². The lowest BCUT2D eigenvalue weighted by molar-refractivity contribution is 0.660. The maximum atomic E-state index is 2.40. The molecule has 40 heavy (non-hydrogen) atoms. The molecule has 0 aliphatic heterocycles. The number of anilines is 3. The first kappa shape index (κ1) is 23.0. The van der Waals surface area contributed by atoms with Crippen LogP contribution in [0.2, 0.25) is 0 Å². The maximum absolute atomic E-state index is 2.40. The zero-order chi connectivity index (χ0) is 26.8. The van der Waals surface area contributed by atoms with Crippen LogP contribution >= 0.6 is 0 Å². The van der Waals surface area contributed by atoms with Gasteiger partial charge in [0.25, 0.3) is 0 Å². The van der Waals surface area contributed by atoms with Crippen LogP contribution in [0.5, 0.6) is 0 Å². The van der Waals surface area contributed by atoms with E-state index < -0.39 is 0 Å². The molecular formula is C39H29N. The third-order valence-corrected chi connectivity index (χ3v) is 8.83. The summed E-state index contributed by atoms with van der Waals surface area (Å²) in [6.07, 6.45) is 0. The molecule has 0 saturated carbocycles. The van der Waals surface area contributed by atoms with Crippen LogP contribution in [0, 0.1) is 0 Å². The van der Waals surface area contributed by atoms with Gasteiger partial charge in [-0.15, -0.1) is 0 Å². The van der Waals surface area contributed by atoms with Gasteiger partial charge >= 0.3 is 0 Å². The van der Waals surface area contributed by atoms with Crippen LogP contribution in [0.25, 0.3) is 43.4 Å². The summed E-state index contributed by atoms with van der Waals surface area (Å²) in [7, 11) is 0. The summed E-state index contributed by atoms with van der Waals surface area (Å²) in [4.78, 5) is 2.40. The highest BCUT2D eigenvalue weighted by Crippen LogP contribution is 2.50. The van der Waals surface area contributed by atoms with Gasteiger partial charge in [-0.25, -0.2) is 0 Å². The normalized spacial score (nSPS) is 13.4. The molecule has 1 heteroatoms. The Morgan fingerprint density at radius 1 is 0.375 bits per heavy atom. The van der Waals surface area contributed by atoms with Crippen molar-refractivity contribution in [3.8, 4) is 11.1 Å². The standard InChI is InChI=1S/C39H29N/c1-39(2)37-19-11-10-18-34(37)36-25-28(21-23-38(36)39)40(26-12-4-3-5-13-26)27-20-22-33-31-16-7-6-14-29(31)30-15-8-9-17-32(30)35(33)24-27/h3-25H,1-2H3. The average Bonchev–Trinajstić information content (AvgIpc) is 3.24. The molecule has 0 amide bonds. The molecule has 0 heterocycles. The Morgan fingerprint density at radius 2 is 0.875 bits per heavy atom. The first-order valence-corrected chi connectivity index (χ1v) is 14.0. The SMILES string of the molecule is CC1(C)c2ccccc2-c2cc(N(c3ccccc3)c3ccc4c5ccccc5c5ccccc5c4c3)ccc21. The van der Waals surface area contributed by atoms with Crippen molar-refractivity contribution in [1.29, 1.82) is 0 Å². The lowest BCUT2D eigenvalue weighted by atomic mass is 9.82. The molecule has 0 saturated heterocycles. The number of fused-ring (bicyclic) bond motifs is 9. The van der Waals surface area contributed by atoms with Gasteiger partial charge in [0.2, 0.25) is 0 Å². The van der Waals surface area contributed by atoms with Gasteiger partial charge in [0.1, 0.15) is 0 Å². The number of para-hydroxylation sites is 1. The number of rotatable bonds is 3. The molecule has 0 fully saturated rings. The quantitative estimate of drug-likeness (QED) is 0.213. The van der Waals surface area contributed by atoms with E-state index in [9.17, 15) is 0 Å². The van der Waals surface area contributed by atoms with E-state index in [2.05, 4.69) is 158 Å². The van der Waals surface area contributed by atoms with Gasteiger partial charge in [-0.1, -0.05) is 117 Å². The zero-order valence-electron chi connectivity index (χ0n) is 22.7. The summed E-state index contributed by atoms with van der Waals surface area (Å²) in [5.74, 6) is 0. The number of benzene rings is 7. The average molecular weight is 512 g/mol. The predicted octanol–water partition coefficient (Wildman–Crippen LogP) is 10.9. The van der Waals surface area contributed by atoms with E-state index in [0.29, 0.717) is 0 Å². The van der Waals surface area contributed by atoms with Crippen molar-refractivity contribution in [3.05, 3.63) is 151 Å². The van der Waals surface area contributed by atoms with Crippen LogP contribution in [0.15, 0.2) is 140 Å². The summed E-state index contributed by atoms with van der Waals surface area (Å²) in [5.41, 5.74) is 8.93. The molecule has 0 atom stereocenters.